The van der Waals surface area contributed by atoms with Crippen LogP contribution >= 0.6 is 0 Å². The number of carbonyl (C=O) groups is 2. The highest BCUT2D eigenvalue weighted by Gasteiger charge is 2.43. The van der Waals surface area contributed by atoms with Crippen molar-refractivity contribution < 1.29 is 14.0 Å². The third-order valence-corrected chi connectivity index (χ3v) is 11.6. The first-order valence-electron chi connectivity index (χ1n) is 11.3. The van der Waals surface area contributed by atoms with E-state index in [9.17, 15) is 9.59 Å². The lowest BCUT2D eigenvalue weighted by Gasteiger charge is -2.43. The lowest BCUT2D eigenvalue weighted by molar-refractivity contribution is -0.122. The summed E-state index contributed by atoms with van der Waals surface area (Å²) in [6, 6.07) is 0. The molecule has 4 heteroatoms. The molecule has 4 atom stereocenters. The molecule has 170 valence electrons. The zero-order chi connectivity index (χ0) is 23.3. The Balaban J connectivity index is 3.52. The number of aldehydes is 1. The molecular weight excluding hydrogens is 388 g/mol. The monoisotopic (exact) mass is 432 g/mol. The Morgan fingerprint density at radius 1 is 1.20 bits per heavy atom. The number of hydrogen-bond acceptors (Lipinski definition) is 3. The molecule has 0 saturated heterocycles. The van der Waals surface area contributed by atoms with Gasteiger partial charge in [-0.3, -0.25) is 4.79 Å². The molecule has 1 aliphatic rings. The van der Waals surface area contributed by atoms with Crippen LogP contribution in [-0.2, 0) is 14.0 Å². The summed E-state index contributed by atoms with van der Waals surface area (Å²) >= 11 is 0. The van der Waals surface area contributed by atoms with E-state index in [0.717, 1.165) is 36.7 Å². The molecule has 0 bridgehead atoms. The molecule has 0 aromatic carbocycles. The molecule has 0 fully saturated rings. The molecule has 0 saturated carbocycles. The summed E-state index contributed by atoms with van der Waals surface area (Å²) in [6.45, 7) is 23.2. The van der Waals surface area contributed by atoms with Crippen LogP contribution in [0.1, 0.15) is 74.1 Å². The van der Waals surface area contributed by atoms with Gasteiger partial charge in [-0.25, -0.2) is 0 Å². The van der Waals surface area contributed by atoms with Crippen molar-refractivity contribution in [2.24, 2.45) is 17.8 Å². The lowest BCUT2D eigenvalue weighted by Crippen LogP contribution is -2.48. The molecule has 0 spiro atoms. The topological polar surface area (TPSA) is 43.4 Å². The summed E-state index contributed by atoms with van der Waals surface area (Å²) in [5, 5.41) is 0.0460. The van der Waals surface area contributed by atoms with E-state index in [1.807, 2.05) is 6.92 Å². The minimum Gasteiger partial charge on any atom is -0.410 e. The predicted molar refractivity (Wildman–Crippen MR) is 130 cm³/mol. The Labute approximate surface area is 186 Å². The highest BCUT2D eigenvalue weighted by atomic mass is 28.4. The summed E-state index contributed by atoms with van der Waals surface area (Å²) in [5.41, 5.74) is 3.38. The Morgan fingerprint density at radius 2 is 1.80 bits per heavy atom. The molecule has 0 unspecified atom stereocenters. The van der Waals surface area contributed by atoms with E-state index in [4.69, 9.17) is 4.43 Å². The van der Waals surface area contributed by atoms with Gasteiger partial charge in [0.05, 0.1) is 12.0 Å². The second kappa shape index (κ2) is 10.9. The molecule has 0 aliphatic heterocycles. The maximum Gasteiger partial charge on any atom is 0.192 e. The lowest BCUT2D eigenvalue weighted by atomic mass is 9.75. The number of rotatable bonds is 5. The molecule has 0 amide bonds. The summed E-state index contributed by atoms with van der Waals surface area (Å²) in [6.07, 6.45) is 8.47. The van der Waals surface area contributed by atoms with Gasteiger partial charge in [-0.15, -0.1) is 0 Å². The fourth-order valence-electron chi connectivity index (χ4n) is 3.86. The van der Waals surface area contributed by atoms with Gasteiger partial charge in [-0.1, -0.05) is 50.6 Å². The Bertz CT molecular complexity index is 694. The molecule has 30 heavy (non-hydrogen) atoms. The Morgan fingerprint density at radius 3 is 2.27 bits per heavy atom. The van der Waals surface area contributed by atoms with Crippen molar-refractivity contribution in [2.45, 2.75) is 98.4 Å². The van der Waals surface area contributed by atoms with Crippen LogP contribution in [0.25, 0.3) is 0 Å². The van der Waals surface area contributed by atoms with Crippen LogP contribution in [0.3, 0.4) is 0 Å². The van der Waals surface area contributed by atoms with Crippen LogP contribution in [0.2, 0.25) is 18.1 Å². The highest BCUT2D eigenvalue weighted by Crippen LogP contribution is 2.41. The zero-order valence-corrected chi connectivity index (χ0v) is 21.8. The van der Waals surface area contributed by atoms with E-state index in [0.29, 0.717) is 6.42 Å². The van der Waals surface area contributed by atoms with Crippen molar-refractivity contribution >= 4 is 20.4 Å². The van der Waals surface area contributed by atoms with Crippen molar-refractivity contribution in [1.82, 2.24) is 0 Å². The van der Waals surface area contributed by atoms with E-state index in [2.05, 4.69) is 66.4 Å². The largest absolute Gasteiger partial charge is 0.410 e. The molecular formula is C26H44O3Si. The van der Waals surface area contributed by atoms with E-state index in [1.165, 1.54) is 5.57 Å². The van der Waals surface area contributed by atoms with Gasteiger partial charge >= 0.3 is 0 Å². The summed E-state index contributed by atoms with van der Waals surface area (Å²) < 4.78 is 6.86. The first-order chi connectivity index (χ1) is 13.7. The molecule has 0 heterocycles. The minimum atomic E-state index is -2.11. The van der Waals surface area contributed by atoms with Gasteiger partial charge in [0.1, 0.15) is 12.1 Å². The van der Waals surface area contributed by atoms with Crippen molar-refractivity contribution in [3.05, 3.63) is 35.5 Å². The quantitative estimate of drug-likeness (QED) is 0.265. The van der Waals surface area contributed by atoms with Gasteiger partial charge in [-0.05, 0) is 83.0 Å². The predicted octanol–water partition coefficient (Wildman–Crippen LogP) is 7.06. The minimum absolute atomic E-state index is 0.0460. The fourth-order valence-corrected chi connectivity index (χ4v) is 5.19. The fraction of sp³-hybridized carbons (Fsp3) is 0.692. The second-order valence-corrected chi connectivity index (χ2v) is 15.5. The number of allylic oxidation sites excluding steroid dienone is 4. The highest BCUT2D eigenvalue weighted by molar-refractivity contribution is 6.74. The number of hydrogen-bond donors (Lipinski definition) is 0. The summed E-state index contributed by atoms with van der Waals surface area (Å²) in [7, 11) is -2.11. The molecule has 1 aliphatic carbocycles. The molecule has 0 radical (unpaired) electrons. The number of Topliss-reactive ketones (excluding diaryl/α,β-unsaturated/α-hetero) is 1. The summed E-state index contributed by atoms with van der Waals surface area (Å²) in [5.74, 6) is -0.329. The number of carbonyl (C=O) groups excluding carboxylic acids is 2. The van der Waals surface area contributed by atoms with Crippen LogP contribution in [0.5, 0.6) is 0 Å². The van der Waals surface area contributed by atoms with Gasteiger partial charge in [-0.2, -0.15) is 0 Å². The maximum absolute atomic E-state index is 12.5. The van der Waals surface area contributed by atoms with E-state index in [-0.39, 0.29) is 34.7 Å². The van der Waals surface area contributed by atoms with E-state index in [1.54, 1.807) is 6.92 Å². The van der Waals surface area contributed by atoms with Gasteiger partial charge in [0.15, 0.2) is 8.32 Å². The van der Waals surface area contributed by atoms with Crippen LogP contribution in [0.15, 0.2) is 35.5 Å². The normalized spacial score (nSPS) is 30.7. The molecule has 0 N–H and O–H groups in total. The van der Waals surface area contributed by atoms with Crippen molar-refractivity contribution in [2.75, 3.05) is 0 Å². The van der Waals surface area contributed by atoms with Crippen LogP contribution < -0.4 is 0 Å². The van der Waals surface area contributed by atoms with Crippen molar-refractivity contribution in [3.63, 3.8) is 0 Å². The standard InChI is InChI=1S/C26H44O3Si/c1-18(2)23-16-22(21(5)28)15-14-19(3)12-11-13-20(4)25(24(23)17-27)29-30(9,10)26(6,7)8/h13-14,17,22-25H,1,11-12,15-16H2,2-10H3/b19-14+,20-13+/t22-,23+,24-,25-/m0/s1. The van der Waals surface area contributed by atoms with Gasteiger partial charge in [0.25, 0.3) is 0 Å². The molecule has 0 aromatic heterocycles. The number of ketones is 1. The first-order valence-corrected chi connectivity index (χ1v) is 14.2. The summed E-state index contributed by atoms with van der Waals surface area (Å²) in [4.78, 5) is 24.9. The second-order valence-electron chi connectivity index (χ2n) is 10.8. The SMILES string of the molecule is C=C(C)[C@H]1C[C@@H](C(C)=O)C/C=C(\C)CC/C=C(\C)[C@H](O[Si](C)(C)C(C)(C)C)[C@H]1C=O. The third kappa shape index (κ3) is 7.16. The van der Waals surface area contributed by atoms with Gasteiger partial charge in [0.2, 0.25) is 0 Å². The van der Waals surface area contributed by atoms with E-state index >= 15 is 0 Å². The third-order valence-electron chi connectivity index (χ3n) is 7.15. The molecule has 3 nitrogen and oxygen atoms in total. The first kappa shape index (κ1) is 26.8. The molecule has 0 aromatic rings. The average Bonchev–Trinajstić information content (AvgIpc) is 2.60. The zero-order valence-electron chi connectivity index (χ0n) is 20.8. The Hall–Kier alpha value is -1.26. The van der Waals surface area contributed by atoms with Crippen LogP contribution in [0, 0.1) is 17.8 Å². The Kier molecular flexibility index (Phi) is 9.69. The average molecular weight is 433 g/mol. The smallest absolute Gasteiger partial charge is 0.192 e. The van der Waals surface area contributed by atoms with Gasteiger partial charge < -0.3 is 9.22 Å². The maximum atomic E-state index is 12.5. The van der Waals surface area contributed by atoms with Crippen LogP contribution in [-0.4, -0.2) is 26.5 Å². The van der Waals surface area contributed by atoms with Gasteiger partial charge in [0, 0.05) is 5.92 Å². The van der Waals surface area contributed by atoms with Crippen molar-refractivity contribution in [1.29, 1.82) is 0 Å². The van der Waals surface area contributed by atoms with E-state index < -0.39 is 8.32 Å². The van der Waals surface area contributed by atoms with Crippen molar-refractivity contribution in [3.8, 4) is 0 Å². The van der Waals surface area contributed by atoms with Crippen LogP contribution in [0.4, 0.5) is 0 Å². The molecule has 1 rings (SSSR count).